The number of benzene rings is 1. The molecule has 0 heterocycles. The van der Waals surface area contributed by atoms with Gasteiger partial charge in [0, 0.05) is 16.6 Å². The van der Waals surface area contributed by atoms with Crippen molar-refractivity contribution in [3.05, 3.63) is 34.9 Å². The summed E-state index contributed by atoms with van der Waals surface area (Å²) in [5.74, 6) is -0.290. The van der Waals surface area contributed by atoms with E-state index in [-0.39, 0.29) is 18.5 Å². The fourth-order valence-corrected chi connectivity index (χ4v) is 1.95. The first-order chi connectivity index (χ1) is 9.90. The normalized spacial score (nSPS) is 13.3. The summed E-state index contributed by atoms with van der Waals surface area (Å²) in [6.45, 7) is 4.78. The van der Waals surface area contributed by atoms with Crippen LogP contribution >= 0.6 is 11.6 Å². The van der Waals surface area contributed by atoms with Crippen molar-refractivity contribution < 1.29 is 14.5 Å². The number of imide groups is 1. The summed E-state index contributed by atoms with van der Waals surface area (Å²) >= 11 is 5.83. The molecule has 0 saturated carbocycles. The van der Waals surface area contributed by atoms with Gasteiger partial charge in [-0.25, -0.2) is 4.79 Å². The van der Waals surface area contributed by atoms with Crippen LogP contribution in [0.3, 0.4) is 0 Å². The van der Waals surface area contributed by atoms with Crippen LogP contribution < -0.4 is 15.5 Å². The highest BCUT2D eigenvalue weighted by molar-refractivity contribution is 6.30. The highest BCUT2D eigenvalue weighted by Gasteiger charge is 2.14. The smallest absolute Gasteiger partial charge is 0.321 e. The molecule has 0 bridgehead atoms. The van der Waals surface area contributed by atoms with E-state index in [2.05, 4.69) is 10.6 Å². The van der Waals surface area contributed by atoms with Crippen LogP contribution in [-0.2, 0) is 11.3 Å². The Labute approximate surface area is 130 Å². The molecule has 3 N–H and O–H groups in total. The number of hydrogen-bond donors (Lipinski definition) is 3. The van der Waals surface area contributed by atoms with Gasteiger partial charge >= 0.3 is 6.03 Å². The Kier molecular flexibility index (Phi) is 7.19. The van der Waals surface area contributed by atoms with Gasteiger partial charge in [0.25, 0.3) is 5.91 Å². The topological polar surface area (TPSA) is 62.6 Å². The summed E-state index contributed by atoms with van der Waals surface area (Å²) in [4.78, 5) is 24.3. The fourth-order valence-electron chi connectivity index (χ4n) is 1.82. The van der Waals surface area contributed by atoms with Gasteiger partial charge in [0.15, 0.2) is 6.54 Å². The molecule has 1 aromatic rings. The van der Waals surface area contributed by atoms with Crippen LogP contribution in [0.25, 0.3) is 0 Å². The molecule has 0 fully saturated rings. The number of carbonyl (C=O) groups is 2. The number of rotatable bonds is 6. The Morgan fingerprint density at radius 3 is 2.48 bits per heavy atom. The van der Waals surface area contributed by atoms with Gasteiger partial charge < -0.3 is 10.2 Å². The molecule has 0 aliphatic carbocycles. The second-order valence-electron chi connectivity index (χ2n) is 5.27. The average Bonchev–Trinajstić information content (AvgIpc) is 2.40. The van der Waals surface area contributed by atoms with E-state index >= 15 is 0 Å². The predicted octanol–water partition coefficient (Wildman–Crippen LogP) is 0.979. The molecule has 0 aromatic heterocycles. The predicted molar refractivity (Wildman–Crippen MR) is 83.3 cm³/mol. The van der Waals surface area contributed by atoms with Crippen molar-refractivity contribution in [3.63, 3.8) is 0 Å². The van der Waals surface area contributed by atoms with Crippen LogP contribution in [-0.4, -0.2) is 31.6 Å². The van der Waals surface area contributed by atoms with E-state index in [0.717, 1.165) is 16.9 Å². The van der Waals surface area contributed by atoms with Crippen molar-refractivity contribution in [3.8, 4) is 0 Å². The molecule has 0 aliphatic rings. The van der Waals surface area contributed by atoms with Crippen LogP contribution in [0, 0.1) is 0 Å². The zero-order valence-corrected chi connectivity index (χ0v) is 13.5. The van der Waals surface area contributed by atoms with Crippen molar-refractivity contribution in [2.24, 2.45) is 0 Å². The lowest BCUT2D eigenvalue weighted by Crippen LogP contribution is -3.09. The molecule has 21 heavy (non-hydrogen) atoms. The molecular weight excluding hydrogens is 290 g/mol. The minimum atomic E-state index is -0.436. The Bertz CT molecular complexity index is 476. The van der Waals surface area contributed by atoms with Crippen molar-refractivity contribution in [1.29, 1.82) is 0 Å². The first-order valence-electron chi connectivity index (χ1n) is 7.06. The molecule has 116 valence electrons. The Morgan fingerprint density at radius 2 is 1.90 bits per heavy atom. The number of quaternary nitrogens is 1. The molecule has 0 saturated heterocycles. The molecule has 1 aromatic carbocycles. The molecule has 0 spiro atoms. The molecule has 2 atom stereocenters. The van der Waals surface area contributed by atoms with Gasteiger partial charge in [-0.15, -0.1) is 0 Å². The molecule has 5 nitrogen and oxygen atoms in total. The number of amides is 3. The van der Waals surface area contributed by atoms with Crippen LogP contribution in [0.2, 0.25) is 5.02 Å². The quantitative estimate of drug-likeness (QED) is 0.733. The van der Waals surface area contributed by atoms with E-state index in [9.17, 15) is 9.59 Å². The van der Waals surface area contributed by atoms with Gasteiger partial charge in [-0.3, -0.25) is 10.1 Å². The zero-order chi connectivity index (χ0) is 15.8. The van der Waals surface area contributed by atoms with Crippen molar-refractivity contribution in [2.45, 2.75) is 32.9 Å². The monoisotopic (exact) mass is 312 g/mol. The van der Waals surface area contributed by atoms with Crippen molar-refractivity contribution >= 4 is 23.5 Å². The number of urea groups is 1. The summed E-state index contributed by atoms with van der Waals surface area (Å²) in [6, 6.07) is 7.12. The number of halogens is 1. The lowest BCUT2D eigenvalue weighted by Gasteiger charge is -2.15. The zero-order valence-electron chi connectivity index (χ0n) is 12.7. The fraction of sp³-hybridized carbons (Fsp3) is 0.467. The second kappa shape index (κ2) is 8.64. The highest BCUT2D eigenvalue weighted by Crippen LogP contribution is 2.08. The van der Waals surface area contributed by atoms with Crippen LogP contribution in [0.4, 0.5) is 4.79 Å². The number of carbonyl (C=O) groups excluding carboxylic acids is 2. The van der Waals surface area contributed by atoms with Crippen LogP contribution in [0.15, 0.2) is 24.3 Å². The number of nitrogens with one attached hydrogen (secondary N) is 3. The third-order valence-electron chi connectivity index (χ3n) is 3.12. The molecular formula is C15H23ClN3O2+. The molecule has 3 amide bonds. The van der Waals surface area contributed by atoms with E-state index in [0.29, 0.717) is 11.6 Å². The summed E-state index contributed by atoms with van der Waals surface area (Å²) in [5, 5.41) is 5.73. The van der Waals surface area contributed by atoms with Gasteiger partial charge in [0.1, 0.15) is 6.54 Å². The largest absolute Gasteiger partial charge is 0.335 e. The third-order valence-corrected chi connectivity index (χ3v) is 3.38. The average molecular weight is 313 g/mol. The van der Waals surface area contributed by atoms with E-state index in [1.807, 2.05) is 45.2 Å². The summed E-state index contributed by atoms with van der Waals surface area (Å²) < 4.78 is 0. The van der Waals surface area contributed by atoms with Gasteiger partial charge in [0.2, 0.25) is 0 Å². The SMILES string of the molecule is CC[C@@H](C)NC(=O)NC(=O)C[NH+](C)Cc1ccc(Cl)cc1. The number of hydrogen-bond acceptors (Lipinski definition) is 2. The minimum absolute atomic E-state index is 0.0527. The summed E-state index contributed by atoms with van der Waals surface area (Å²) in [6.07, 6.45) is 0.823. The van der Waals surface area contributed by atoms with E-state index < -0.39 is 6.03 Å². The first kappa shape index (κ1) is 17.5. The minimum Gasteiger partial charge on any atom is -0.335 e. The van der Waals surface area contributed by atoms with E-state index in [1.54, 1.807) is 0 Å². The lowest BCUT2D eigenvalue weighted by molar-refractivity contribution is -0.885. The summed E-state index contributed by atoms with van der Waals surface area (Å²) in [7, 11) is 1.90. The molecule has 0 radical (unpaired) electrons. The molecule has 0 aliphatic heterocycles. The highest BCUT2D eigenvalue weighted by atomic mass is 35.5. The van der Waals surface area contributed by atoms with E-state index in [1.165, 1.54) is 0 Å². The third kappa shape index (κ3) is 7.11. The van der Waals surface area contributed by atoms with E-state index in [4.69, 9.17) is 11.6 Å². The molecule has 6 heteroatoms. The van der Waals surface area contributed by atoms with Gasteiger partial charge in [0.05, 0.1) is 7.05 Å². The Morgan fingerprint density at radius 1 is 1.29 bits per heavy atom. The van der Waals surface area contributed by atoms with Gasteiger partial charge in [-0.2, -0.15) is 0 Å². The standard InChI is InChI=1S/C15H22ClN3O2/c1-4-11(2)17-15(21)18-14(20)10-19(3)9-12-5-7-13(16)8-6-12/h5-8,11H,4,9-10H2,1-3H3,(H2,17,18,20,21)/p+1/t11-/m1/s1. The van der Waals surface area contributed by atoms with Crippen molar-refractivity contribution in [1.82, 2.24) is 10.6 Å². The molecule has 1 rings (SSSR count). The van der Waals surface area contributed by atoms with Gasteiger partial charge in [-0.05, 0) is 25.5 Å². The Balaban J connectivity index is 2.36. The second-order valence-corrected chi connectivity index (χ2v) is 5.70. The Hall–Kier alpha value is -1.59. The first-order valence-corrected chi connectivity index (χ1v) is 7.44. The van der Waals surface area contributed by atoms with Crippen molar-refractivity contribution in [2.75, 3.05) is 13.6 Å². The maximum absolute atomic E-state index is 11.8. The molecule has 1 unspecified atom stereocenters. The lowest BCUT2D eigenvalue weighted by atomic mass is 10.2. The van der Waals surface area contributed by atoms with Crippen LogP contribution in [0.5, 0.6) is 0 Å². The van der Waals surface area contributed by atoms with Crippen LogP contribution in [0.1, 0.15) is 25.8 Å². The maximum atomic E-state index is 11.8. The number of likely N-dealkylation sites (N-methyl/N-ethyl adjacent to an activating group) is 1. The van der Waals surface area contributed by atoms with Gasteiger partial charge in [-0.1, -0.05) is 30.7 Å². The summed E-state index contributed by atoms with van der Waals surface area (Å²) in [5.41, 5.74) is 1.09. The maximum Gasteiger partial charge on any atom is 0.321 e.